The second-order valence-electron chi connectivity index (χ2n) is 4.54. The largest absolute Gasteiger partial charge is 0.309 e. The highest BCUT2D eigenvalue weighted by molar-refractivity contribution is 6.31. The molecule has 22 heavy (non-hydrogen) atoms. The summed E-state index contributed by atoms with van der Waals surface area (Å²) in [6.45, 7) is 0. The summed E-state index contributed by atoms with van der Waals surface area (Å²) in [5.41, 5.74) is 1.28. The molecule has 0 amide bonds. The van der Waals surface area contributed by atoms with Crippen molar-refractivity contribution >= 4 is 29.7 Å². The van der Waals surface area contributed by atoms with Crippen LogP contribution in [0.25, 0.3) is 0 Å². The number of benzene rings is 1. The van der Waals surface area contributed by atoms with Crippen LogP contribution in [0, 0.1) is 0 Å². The first-order chi connectivity index (χ1) is 10.8. The predicted octanol–water partition coefficient (Wildman–Crippen LogP) is 2.93. The van der Waals surface area contributed by atoms with Crippen LogP contribution in [0.2, 0.25) is 5.02 Å². The van der Waals surface area contributed by atoms with Gasteiger partial charge in [-0.05, 0) is 17.7 Å². The molecule has 1 aromatic carbocycles. The number of hydrogen-bond donors (Lipinski definition) is 2. The number of aldehydes is 1. The van der Waals surface area contributed by atoms with E-state index in [1.54, 1.807) is 30.6 Å². The van der Waals surface area contributed by atoms with Gasteiger partial charge in [-0.15, -0.1) is 0 Å². The summed E-state index contributed by atoms with van der Waals surface area (Å²) in [7, 11) is 0. The molecule has 0 bridgehead atoms. The number of H-pyrrole nitrogens is 1. The standard InChI is InChI=1S/C15H12ClN5O/c16-12-4-2-1-3-10(12)11(9-22)13-5-7-17-15(19-13)20-14-6-8-18-21-14/h1-9,11H,(H2,17,18,19,20,21). The normalized spacial score (nSPS) is 11.9. The van der Waals surface area contributed by atoms with Crippen molar-refractivity contribution in [2.75, 3.05) is 5.32 Å². The third-order valence-corrected chi connectivity index (χ3v) is 3.46. The molecular formula is C15H12ClN5O. The van der Waals surface area contributed by atoms with Crippen LogP contribution in [0.4, 0.5) is 11.8 Å². The molecule has 0 aliphatic rings. The molecule has 0 saturated carbocycles. The van der Waals surface area contributed by atoms with Crippen molar-refractivity contribution in [3.05, 3.63) is 65.1 Å². The maximum Gasteiger partial charge on any atom is 0.228 e. The third-order valence-electron chi connectivity index (χ3n) is 3.12. The van der Waals surface area contributed by atoms with E-state index in [0.717, 1.165) is 6.29 Å². The van der Waals surface area contributed by atoms with Crippen molar-refractivity contribution in [1.29, 1.82) is 0 Å². The van der Waals surface area contributed by atoms with Crippen molar-refractivity contribution in [1.82, 2.24) is 20.2 Å². The smallest absolute Gasteiger partial charge is 0.228 e. The first-order valence-electron chi connectivity index (χ1n) is 6.57. The fourth-order valence-corrected chi connectivity index (χ4v) is 2.33. The van der Waals surface area contributed by atoms with Crippen LogP contribution in [0.5, 0.6) is 0 Å². The molecule has 0 radical (unpaired) electrons. The van der Waals surface area contributed by atoms with Crippen molar-refractivity contribution in [2.45, 2.75) is 5.92 Å². The Kier molecular flexibility index (Phi) is 4.11. The number of halogens is 1. The number of aromatic nitrogens is 4. The summed E-state index contributed by atoms with van der Waals surface area (Å²) in [6.07, 6.45) is 4.03. The number of nitrogens with zero attached hydrogens (tertiary/aromatic N) is 3. The van der Waals surface area contributed by atoms with E-state index in [9.17, 15) is 4.79 Å². The molecule has 1 unspecified atom stereocenters. The van der Waals surface area contributed by atoms with Crippen molar-refractivity contribution < 1.29 is 4.79 Å². The quantitative estimate of drug-likeness (QED) is 0.708. The Bertz CT molecular complexity index is 775. The zero-order chi connectivity index (χ0) is 15.4. The van der Waals surface area contributed by atoms with Gasteiger partial charge in [0.05, 0.1) is 17.8 Å². The maximum atomic E-state index is 11.5. The zero-order valence-corrected chi connectivity index (χ0v) is 12.2. The van der Waals surface area contributed by atoms with Crippen LogP contribution < -0.4 is 5.32 Å². The number of anilines is 2. The second kappa shape index (κ2) is 6.36. The minimum atomic E-state index is -0.543. The molecule has 2 heterocycles. The second-order valence-corrected chi connectivity index (χ2v) is 4.94. The molecule has 3 aromatic rings. The highest BCUT2D eigenvalue weighted by Gasteiger charge is 2.18. The van der Waals surface area contributed by atoms with Gasteiger partial charge in [0.15, 0.2) is 0 Å². The molecule has 3 rings (SSSR count). The summed E-state index contributed by atoms with van der Waals surface area (Å²) in [6, 6.07) is 10.7. The topological polar surface area (TPSA) is 83.6 Å². The molecule has 2 N–H and O–H groups in total. The van der Waals surface area contributed by atoms with Gasteiger partial charge >= 0.3 is 0 Å². The van der Waals surface area contributed by atoms with E-state index in [1.807, 2.05) is 18.2 Å². The SMILES string of the molecule is O=CC(c1ccnc(Nc2ccn[nH]2)n1)c1ccccc1Cl. The molecule has 2 aromatic heterocycles. The Labute approximate surface area is 131 Å². The van der Waals surface area contributed by atoms with Gasteiger partial charge in [-0.25, -0.2) is 9.97 Å². The molecule has 0 aliphatic carbocycles. The first-order valence-corrected chi connectivity index (χ1v) is 6.95. The monoisotopic (exact) mass is 313 g/mol. The molecule has 0 aliphatic heterocycles. The van der Waals surface area contributed by atoms with Crippen LogP contribution in [0.1, 0.15) is 17.2 Å². The van der Waals surface area contributed by atoms with Crippen LogP contribution in [-0.4, -0.2) is 26.5 Å². The molecule has 0 spiro atoms. The summed E-state index contributed by atoms with van der Waals surface area (Å²) >= 11 is 6.17. The number of carbonyl (C=O) groups is 1. The molecule has 0 fully saturated rings. The van der Waals surface area contributed by atoms with Crippen LogP contribution in [-0.2, 0) is 4.79 Å². The zero-order valence-electron chi connectivity index (χ0n) is 11.4. The van der Waals surface area contributed by atoms with Gasteiger partial charge in [-0.3, -0.25) is 5.10 Å². The van der Waals surface area contributed by atoms with Gasteiger partial charge < -0.3 is 10.1 Å². The summed E-state index contributed by atoms with van der Waals surface area (Å²) in [5.74, 6) is 0.497. The van der Waals surface area contributed by atoms with E-state index < -0.39 is 5.92 Å². The maximum absolute atomic E-state index is 11.5. The molecule has 110 valence electrons. The fourth-order valence-electron chi connectivity index (χ4n) is 2.08. The lowest BCUT2D eigenvalue weighted by Crippen LogP contribution is -2.08. The molecular weight excluding hydrogens is 302 g/mol. The molecule has 0 saturated heterocycles. The van der Waals surface area contributed by atoms with Gasteiger partial charge in [0, 0.05) is 17.3 Å². The van der Waals surface area contributed by atoms with Crippen LogP contribution >= 0.6 is 11.6 Å². The third kappa shape index (κ3) is 2.96. The summed E-state index contributed by atoms with van der Waals surface area (Å²) in [4.78, 5) is 20.0. The fraction of sp³-hybridized carbons (Fsp3) is 0.0667. The van der Waals surface area contributed by atoms with Gasteiger partial charge in [-0.2, -0.15) is 5.10 Å². The number of aromatic amines is 1. The van der Waals surface area contributed by atoms with Crippen LogP contribution in [0.3, 0.4) is 0 Å². The number of rotatable bonds is 5. The Morgan fingerprint density at radius 3 is 2.77 bits per heavy atom. The summed E-state index contributed by atoms with van der Waals surface area (Å²) in [5, 5.41) is 10.1. The van der Waals surface area contributed by atoms with Crippen molar-refractivity contribution in [3.8, 4) is 0 Å². The lowest BCUT2D eigenvalue weighted by Gasteiger charge is -2.12. The van der Waals surface area contributed by atoms with E-state index in [0.29, 0.717) is 28.0 Å². The van der Waals surface area contributed by atoms with Crippen molar-refractivity contribution in [2.24, 2.45) is 0 Å². The Morgan fingerprint density at radius 1 is 1.18 bits per heavy atom. The molecule has 1 atom stereocenters. The van der Waals surface area contributed by atoms with E-state index in [1.165, 1.54) is 0 Å². The van der Waals surface area contributed by atoms with Gasteiger partial charge in [0.25, 0.3) is 0 Å². The number of nitrogens with one attached hydrogen (secondary N) is 2. The lowest BCUT2D eigenvalue weighted by molar-refractivity contribution is -0.108. The highest BCUT2D eigenvalue weighted by Crippen LogP contribution is 2.28. The molecule has 6 nitrogen and oxygen atoms in total. The lowest BCUT2D eigenvalue weighted by atomic mass is 9.97. The van der Waals surface area contributed by atoms with Gasteiger partial charge in [-0.1, -0.05) is 29.8 Å². The highest BCUT2D eigenvalue weighted by atomic mass is 35.5. The molecule has 7 heteroatoms. The Balaban J connectivity index is 1.93. The average molecular weight is 314 g/mol. The Morgan fingerprint density at radius 2 is 2.05 bits per heavy atom. The minimum Gasteiger partial charge on any atom is -0.309 e. The average Bonchev–Trinajstić information content (AvgIpc) is 3.03. The Hall–Kier alpha value is -2.73. The number of hydrogen-bond acceptors (Lipinski definition) is 5. The summed E-state index contributed by atoms with van der Waals surface area (Å²) < 4.78 is 0. The first kappa shape index (κ1) is 14.2. The van der Waals surface area contributed by atoms with E-state index in [-0.39, 0.29) is 0 Å². The van der Waals surface area contributed by atoms with E-state index >= 15 is 0 Å². The minimum absolute atomic E-state index is 0.376. The van der Waals surface area contributed by atoms with Crippen molar-refractivity contribution in [3.63, 3.8) is 0 Å². The van der Waals surface area contributed by atoms with E-state index in [2.05, 4.69) is 25.5 Å². The van der Waals surface area contributed by atoms with Gasteiger partial charge in [0.1, 0.15) is 12.1 Å². The van der Waals surface area contributed by atoms with Crippen LogP contribution in [0.15, 0.2) is 48.8 Å². The number of carbonyl (C=O) groups excluding carboxylic acids is 1. The van der Waals surface area contributed by atoms with E-state index in [4.69, 9.17) is 11.6 Å². The predicted molar refractivity (Wildman–Crippen MR) is 83.3 cm³/mol. The van der Waals surface area contributed by atoms with Gasteiger partial charge in [0.2, 0.25) is 5.95 Å².